The molecule has 1 saturated carbocycles. The normalized spacial score (nSPS) is 25.3. The molecule has 4 rings (SSSR count). The van der Waals surface area contributed by atoms with E-state index in [0.29, 0.717) is 29.5 Å². The zero-order valence-electron chi connectivity index (χ0n) is 17.7. The van der Waals surface area contributed by atoms with E-state index in [1.165, 1.54) is 13.5 Å². The van der Waals surface area contributed by atoms with Crippen LogP contribution in [0.25, 0.3) is 10.9 Å². The number of ether oxygens (including phenoxy) is 2. The predicted molar refractivity (Wildman–Crippen MR) is 111 cm³/mol. The number of methoxy groups -OCH3 is 2. The maximum Gasteiger partial charge on any atom is 0.356 e. The summed E-state index contributed by atoms with van der Waals surface area (Å²) >= 11 is 0. The van der Waals surface area contributed by atoms with Gasteiger partial charge in [0.15, 0.2) is 0 Å². The summed E-state index contributed by atoms with van der Waals surface area (Å²) in [5.74, 6) is 0.0137. The predicted octanol–water partition coefficient (Wildman–Crippen LogP) is 3.41. The van der Waals surface area contributed by atoms with E-state index < -0.39 is 5.97 Å². The third kappa shape index (κ3) is 3.37. The monoisotopic (exact) mass is 399 g/mol. The lowest BCUT2D eigenvalue weighted by molar-refractivity contribution is -0.118. The van der Waals surface area contributed by atoms with Crippen LogP contribution >= 0.6 is 0 Å². The van der Waals surface area contributed by atoms with E-state index in [4.69, 9.17) is 9.47 Å². The number of aromatic amines is 1. The zero-order valence-corrected chi connectivity index (χ0v) is 17.7. The van der Waals surface area contributed by atoms with Crippen molar-refractivity contribution >= 4 is 28.5 Å². The Labute approximate surface area is 170 Å². The molecule has 2 bridgehead atoms. The van der Waals surface area contributed by atoms with Crippen molar-refractivity contribution in [2.75, 3.05) is 32.6 Å². The number of carbonyl (C=O) groups excluding carboxylic acids is 2. The molecular weight excluding hydrogens is 370 g/mol. The number of piperidine rings is 1. The van der Waals surface area contributed by atoms with Gasteiger partial charge in [0, 0.05) is 24.0 Å². The molecule has 7 nitrogen and oxygen atoms in total. The largest absolute Gasteiger partial charge is 0.497 e. The highest BCUT2D eigenvalue weighted by atomic mass is 16.5. The first-order chi connectivity index (χ1) is 13.7. The van der Waals surface area contributed by atoms with Crippen LogP contribution in [0.3, 0.4) is 0 Å². The first-order valence-corrected chi connectivity index (χ1v) is 9.98. The molecule has 2 N–H and O–H groups in total. The second-order valence-electron chi connectivity index (χ2n) is 9.43. The number of rotatable bonds is 5. The molecule has 29 heavy (non-hydrogen) atoms. The smallest absolute Gasteiger partial charge is 0.356 e. The Kier molecular flexibility index (Phi) is 4.61. The van der Waals surface area contributed by atoms with Gasteiger partial charge in [-0.05, 0) is 35.8 Å². The van der Waals surface area contributed by atoms with Crippen LogP contribution in [0.15, 0.2) is 18.2 Å². The zero-order chi connectivity index (χ0) is 21.0. The summed E-state index contributed by atoms with van der Waals surface area (Å²) in [6.07, 6.45) is 2.33. The molecule has 0 spiro atoms. The van der Waals surface area contributed by atoms with Crippen molar-refractivity contribution in [2.45, 2.75) is 39.7 Å². The lowest BCUT2D eigenvalue weighted by atomic mass is 9.79. The maximum absolute atomic E-state index is 12.9. The summed E-state index contributed by atoms with van der Waals surface area (Å²) in [7, 11) is 2.91. The summed E-state index contributed by atoms with van der Waals surface area (Å²) in [5, 5.41) is 3.70. The lowest BCUT2D eigenvalue weighted by Gasteiger charge is -2.40. The van der Waals surface area contributed by atoms with Gasteiger partial charge in [0.1, 0.15) is 11.4 Å². The van der Waals surface area contributed by atoms with Crippen LogP contribution in [-0.2, 0) is 9.53 Å². The number of hydrogen-bond acceptors (Lipinski definition) is 5. The molecule has 2 heterocycles. The van der Waals surface area contributed by atoms with Gasteiger partial charge in [0.2, 0.25) is 5.91 Å². The molecule has 1 amide bonds. The first kappa shape index (κ1) is 19.8. The number of fused-ring (bicyclic) bond motifs is 3. The third-order valence-electron chi connectivity index (χ3n) is 6.50. The minimum absolute atomic E-state index is 0.126. The number of aromatic nitrogens is 1. The second-order valence-corrected chi connectivity index (χ2v) is 9.43. The Morgan fingerprint density at radius 3 is 2.66 bits per heavy atom. The van der Waals surface area contributed by atoms with Crippen molar-refractivity contribution in [1.29, 1.82) is 0 Å². The standard InChI is InChI=1S/C22H29N3O4/c1-21(2)11-22(3)9-16(21)25(12-22)10-17(26)24-18-14-7-6-13(28-4)8-15(14)23-19(18)20(27)29-5/h6-8,16,23H,9-12H2,1-5H3,(H,24,26)/t16-,22+/m1/s1. The van der Waals surface area contributed by atoms with Crippen LogP contribution < -0.4 is 10.1 Å². The van der Waals surface area contributed by atoms with Gasteiger partial charge in [0.25, 0.3) is 0 Å². The molecule has 1 aliphatic heterocycles. The molecular formula is C22H29N3O4. The number of likely N-dealkylation sites (tertiary alicyclic amines) is 1. The molecule has 0 unspecified atom stereocenters. The van der Waals surface area contributed by atoms with E-state index in [1.54, 1.807) is 19.2 Å². The van der Waals surface area contributed by atoms with Crippen LogP contribution in [0, 0.1) is 10.8 Å². The van der Waals surface area contributed by atoms with Crippen molar-refractivity contribution in [3.05, 3.63) is 23.9 Å². The number of nitrogens with one attached hydrogen (secondary N) is 2. The number of carbonyl (C=O) groups is 2. The number of benzene rings is 1. The molecule has 0 radical (unpaired) electrons. The number of H-pyrrole nitrogens is 1. The second kappa shape index (κ2) is 6.76. The van der Waals surface area contributed by atoms with Crippen LogP contribution in [0.4, 0.5) is 5.69 Å². The fourth-order valence-electron chi connectivity index (χ4n) is 5.60. The topological polar surface area (TPSA) is 83.7 Å². The summed E-state index contributed by atoms with van der Waals surface area (Å²) < 4.78 is 10.2. The Bertz CT molecular complexity index is 977. The highest BCUT2D eigenvalue weighted by Crippen LogP contribution is 2.56. The van der Waals surface area contributed by atoms with Gasteiger partial charge in [-0.25, -0.2) is 4.79 Å². The molecule has 2 atom stereocenters. The van der Waals surface area contributed by atoms with Gasteiger partial charge in [-0.15, -0.1) is 0 Å². The summed E-state index contributed by atoms with van der Waals surface area (Å²) in [4.78, 5) is 30.6. The maximum atomic E-state index is 12.9. The fourth-order valence-corrected chi connectivity index (χ4v) is 5.60. The molecule has 1 aromatic heterocycles. The Balaban J connectivity index is 1.59. The summed E-state index contributed by atoms with van der Waals surface area (Å²) in [5.41, 5.74) is 1.88. The quantitative estimate of drug-likeness (QED) is 0.753. The Morgan fingerprint density at radius 1 is 1.28 bits per heavy atom. The van der Waals surface area contributed by atoms with Gasteiger partial charge in [0.05, 0.1) is 32.0 Å². The molecule has 1 saturated heterocycles. The first-order valence-electron chi connectivity index (χ1n) is 9.98. The van der Waals surface area contributed by atoms with Gasteiger partial charge in [-0.2, -0.15) is 0 Å². The van der Waals surface area contributed by atoms with Crippen LogP contribution in [0.5, 0.6) is 5.75 Å². The van der Waals surface area contributed by atoms with E-state index in [9.17, 15) is 9.59 Å². The number of anilines is 1. The third-order valence-corrected chi connectivity index (χ3v) is 6.50. The van der Waals surface area contributed by atoms with Gasteiger partial charge >= 0.3 is 5.97 Å². The van der Waals surface area contributed by atoms with Crippen molar-refractivity contribution in [1.82, 2.24) is 9.88 Å². The SMILES string of the molecule is COC(=O)c1[nH]c2cc(OC)ccc2c1NC(=O)CN1C[C@@]2(C)C[C@@H]1C(C)(C)C2. The van der Waals surface area contributed by atoms with Crippen LogP contribution in [0.1, 0.15) is 44.1 Å². The molecule has 1 aliphatic carbocycles. The Morgan fingerprint density at radius 2 is 2.03 bits per heavy atom. The highest BCUT2D eigenvalue weighted by Gasteiger charge is 2.55. The minimum atomic E-state index is -0.524. The highest BCUT2D eigenvalue weighted by molar-refractivity contribution is 6.11. The lowest BCUT2D eigenvalue weighted by Crippen LogP contribution is -2.47. The van der Waals surface area contributed by atoms with Crippen molar-refractivity contribution in [2.24, 2.45) is 10.8 Å². The van der Waals surface area contributed by atoms with E-state index >= 15 is 0 Å². The number of esters is 1. The van der Waals surface area contributed by atoms with Crippen molar-refractivity contribution in [3.8, 4) is 5.75 Å². The molecule has 2 fully saturated rings. The molecule has 156 valence electrons. The fraction of sp³-hybridized carbons (Fsp3) is 0.545. The summed E-state index contributed by atoms with van der Waals surface area (Å²) in [6, 6.07) is 5.83. The minimum Gasteiger partial charge on any atom is -0.497 e. The average Bonchev–Trinajstić information content (AvgIpc) is 3.25. The average molecular weight is 399 g/mol. The van der Waals surface area contributed by atoms with E-state index in [-0.39, 0.29) is 22.4 Å². The molecule has 7 heteroatoms. The van der Waals surface area contributed by atoms with Gasteiger partial charge < -0.3 is 19.8 Å². The number of hydrogen-bond donors (Lipinski definition) is 2. The molecule has 2 aliphatic rings. The van der Waals surface area contributed by atoms with E-state index in [1.807, 2.05) is 6.07 Å². The Hall–Kier alpha value is -2.54. The molecule has 1 aromatic carbocycles. The van der Waals surface area contributed by atoms with Crippen molar-refractivity contribution < 1.29 is 19.1 Å². The van der Waals surface area contributed by atoms with Crippen LogP contribution in [-0.4, -0.2) is 55.1 Å². The van der Waals surface area contributed by atoms with Gasteiger partial charge in [-0.1, -0.05) is 20.8 Å². The van der Waals surface area contributed by atoms with E-state index in [0.717, 1.165) is 18.4 Å². The van der Waals surface area contributed by atoms with E-state index in [2.05, 4.69) is 36.0 Å². The van der Waals surface area contributed by atoms with Crippen molar-refractivity contribution in [3.63, 3.8) is 0 Å². The summed E-state index contributed by atoms with van der Waals surface area (Å²) in [6.45, 7) is 8.14. The molecule has 2 aromatic rings. The number of nitrogens with zero attached hydrogens (tertiary/aromatic N) is 1. The number of amides is 1. The van der Waals surface area contributed by atoms with Gasteiger partial charge in [-0.3, -0.25) is 9.69 Å². The van der Waals surface area contributed by atoms with Crippen LogP contribution in [0.2, 0.25) is 0 Å².